The number of nitrogens with zero attached hydrogens (tertiary/aromatic N) is 1. The van der Waals surface area contributed by atoms with Crippen molar-refractivity contribution in [2.75, 3.05) is 26.3 Å². The minimum atomic E-state index is 0. The largest absolute Gasteiger partial charge is 0.381 e. The standard InChI is InChI=1S/C11H20N2O2.ClH/c12-7-10-2-1-4-13(10)11(14)6-9-3-5-15-8-9;/h9-10H,1-8,12H2;1H. The summed E-state index contributed by atoms with van der Waals surface area (Å²) in [5, 5.41) is 0. The number of hydrogen-bond acceptors (Lipinski definition) is 3. The van der Waals surface area contributed by atoms with E-state index >= 15 is 0 Å². The Hall–Kier alpha value is -0.320. The molecule has 0 bridgehead atoms. The molecule has 2 saturated heterocycles. The Kier molecular flexibility index (Phi) is 5.52. The number of nitrogens with two attached hydrogens (primary N) is 1. The van der Waals surface area contributed by atoms with Crippen LogP contribution in [0, 0.1) is 5.92 Å². The lowest BCUT2D eigenvalue weighted by atomic mass is 10.0. The van der Waals surface area contributed by atoms with E-state index < -0.39 is 0 Å². The van der Waals surface area contributed by atoms with Crippen LogP contribution < -0.4 is 5.73 Å². The van der Waals surface area contributed by atoms with E-state index in [-0.39, 0.29) is 18.3 Å². The quantitative estimate of drug-likeness (QED) is 0.803. The molecule has 0 aromatic rings. The summed E-state index contributed by atoms with van der Waals surface area (Å²) in [6.07, 6.45) is 3.86. The molecule has 0 spiro atoms. The summed E-state index contributed by atoms with van der Waals surface area (Å²) in [6, 6.07) is 0.292. The molecular weight excluding hydrogens is 228 g/mol. The summed E-state index contributed by atoms with van der Waals surface area (Å²) >= 11 is 0. The Balaban J connectivity index is 0.00000128. The zero-order valence-corrected chi connectivity index (χ0v) is 10.4. The predicted octanol–water partition coefficient (Wildman–Crippen LogP) is 0.784. The number of amides is 1. The van der Waals surface area contributed by atoms with Gasteiger partial charge in [0.05, 0.1) is 0 Å². The molecule has 0 saturated carbocycles. The van der Waals surface area contributed by atoms with Crippen molar-refractivity contribution in [2.24, 2.45) is 11.7 Å². The van der Waals surface area contributed by atoms with Crippen LogP contribution in [0.5, 0.6) is 0 Å². The molecule has 2 aliphatic heterocycles. The number of rotatable bonds is 3. The van der Waals surface area contributed by atoms with Gasteiger partial charge in [0, 0.05) is 38.8 Å². The van der Waals surface area contributed by atoms with Crippen molar-refractivity contribution in [1.29, 1.82) is 0 Å². The lowest BCUT2D eigenvalue weighted by Gasteiger charge is -2.24. The van der Waals surface area contributed by atoms with Gasteiger partial charge in [-0.1, -0.05) is 0 Å². The van der Waals surface area contributed by atoms with Crippen LogP contribution in [0.2, 0.25) is 0 Å². The molecule has 0 aliphatic carbocycles. The second kappa shape index (κ2) is 6.42. The fourth-order valence-electron chi connectivity index (χ4n) is 2.52. The first-order chi connectivity index (χ1) is 7.31. The molecule has 2 rings (SSSR count). The second-order valence-corrected chi connectivity index (χ2v) is 4.55. The average molecular weight is 249 g/mol. The van der Waals surface area contributed by atoms with Crippen molar-refractivity contribution in [3.05, 3.63) is 0 Å². The second-order valence-electron chi connectivity index (χ2n) is 4.55. The van der Waals surface area contributed by atoms with Crippen LogP contribution in [0.15, 0.2) is 0 Å². The Morgan fingerprint density at radius 3 is 2.88 bits per heavy atom. The SMILES string of the molecule is Cl.NCC1CCCN1C(=O)CC1CCOC1. The van der Waals surface area contributed by atoms with Crippen LogP contribution in [0.25, 0.3) is 0 Å². The Bertz CT molecular complexity index is 232. The van der Waals surface area contributed by atoms with Crippen LogP contribution in [-0.2, 0) is 9.53 Å². The highest BCUT2D eigenvalue weighted by molar-refractivity contribution is 5.85. The Labute approximate surface area is 103 Å². The van der Waals surface area contributed by atoms with Crippen LogP contribution in [-0.4, -0.2) is 43.2 Å². The zero-order valence-electron chi connectivity index (χ0n) is 9.56. The molecule has 2 fully saturated rings. The first-order valence-electron chi connectivity index (χ1n) is 5.88. The maximum Gasteiger partial charge on any atom is 0.223 e. The van der Waals surface area contributed by atoms with Gasteiger partial charge in [0.15, 0.2) is 0 Å². The summed E-state index contributed by atoms with van der Waals surface area (Å²) in [4.78, 5) is 14.0. The van der Waals surface area contributed by atoms with Gasteiger partial charge in [0.1, 0.15) is 0 Å². The van der Waals surface area contributed by atoms with Gasteiger partial charge in [-0.3, -0.25) is 4.79 Å². The number of likely N-dealkylation sites (tertiary alicyclic amines) is 1. The first-order valence-corrected chi connectivity index (χ1v) is 5.88. The fourth-order valence-corrected chi connectivity index (χ4v) is 2.52. The fraction of sp³-hybridized carbons (Fsp3) is 0.909. The monoisotopic (exact) mass is 248 g/mol. The van der Waals surface area contributed by atoms with Gasteiger partial charge >= 0.3 is 0 Å². The highest BCUT2D eigenvalue weighted by Gasteiger charge is 2.29. The van der Waals surface area contributed by atoms with Crippen molar-refractivity contribution < 1.29 is 9.53 Å². The summed E-state index contributed by atoms with van der Waals surface area (Å²) in [5.74, 6) is 0.718. The van der Waals surface area contributed by atoms with E-state index in [2.05, 4.69) is 0 Å². The van der Waals surface area contributed by atoms with E-state index in [0.717, 1.165) is 39.0 Å². The van der Waals surface area contributed by atoms with Crippen molar-refractivity contribution >= 4 is 18.3 Å². The van der Waals surface area contributed by atoms with Crippen molar-refractivity contribution in [3.8, 4) is 0 Å². The normalized spacial score (nSPS) is 29.2. The summed E-state index contributed by atoms with van der Waals surface area (Å²) in [5.41, 5.74) is 5.65. The van der Waals surface area contributed by atoms with Crippen LogP contribution in [0.4, 0.5) is 0 Å². The zero-order chi connectivity index (χ0) is 10.7. The minimum absolute atomic E-state index is 0. The molecule has 94 valence electrons. The van der Waals surface area contributed by atoms with Crippen molar-refractivity contribution in [2.45, 2.75) is 31.7 Å². The molecule has 0 radical (unpaired) electrons. The summed E-state index contributed by atoms with van der Waals surface area (Å²) < 4.78 is 5.28. The van der Waals surface area contributed by atoms with Gasteiger partial charge in [-0.2, -0.15) is 0 Å². The van der Waals surface area contributed by atoms with Gasteiger partial charge in [0.2, 0.25) is 5.91 Å². The Morgan fingerprint density at radius 1 is 1.44 bits per heavy atom. The lowest BCUT2D eigenvalue weighted by Crippen LogP contribution is -2.40. The molecule has 2 N–H and O–H groups in total. The molecule has 2 aliphatic rings. The maximum atomic E-state index is 12.0. The molecule has 1 amide bonds. The summed E-state index contributed by atoms with van der Waals surface area (Å²) in [7, 11) is 0. The molecule has 0 aromatic heterocycles. The highest BCUT2D eigenvalue weighted by atomic mass is 35.5. The molecule has 0 aromatic carbocycles. The van der Waals surface area contributed by atoms with Gasteiger partial charge in [-0.25, -0.2) is 0 Å². The summed E-state index contributed by atoms with van der Waals surface area (Å²) in [6.45, 7) is 3.08. The van der Waals surface area contributed by atoms with E-state index in [4.69, 9.17) is 10.5 Å². The first kappa shape index (κ1) is 13.7. The van der Waals surface area contributed by atoms with Crippen LogP contribution >= 0.6 is 12.4 Å². The van der Waals surface area contributed by atoms with Crippen LogP contribution in [0.1, 0.15) is 25.7 Å². The van der Waals surface area contributed by atoms with Gasteiger partial charge in [-0.05, 0) is 25.2 Å². The molecule has 16 heavy (non-hydrogen) atoms. The van der Waals surface area contributed by atoms with Crippen molar-refractivity contribution in [1.82, 2.24) is 4.90 Å². The highest BCUT2D eigenvalue weighted by Crippen LogP contribution is 2.22. The number of carbonyl (C=O) groups excluding carboxylic acids is 1. The lowest BCUT2D eigenvalue weighted by molar-refractivity contribution is -0.132. The van der Waals surface area contributed by atoms with E-state index in [1.165, 1.54) is 0 Å². The predicted molar refractivity (Wildman–Crippen MR) is 64.6 cm³/mol. The molecular formula is C11H21ClN2O2. The number of hydrogen-bond donors (Lipinski definition) is 1. The van der Waals surface area contributed by atoms with Crippen molar-refractivity contribution in [3.63, 3.8) is 0 Å². The molecule has 2 heterocycles. The third-order valence-corrected chi connectivity index (χ3v) is 3.46. The topological polar surface area (TPSA) is 55.6 Å². The van der Waals surface area contributed by atoms with E-state index in [1.807, 2.05) is 4.90 Å². The maximum absolute atomic E-state index is 12.0. The third-order valence-electron chi connectivity index (χ3n) is 3.46. The van der Waals surface area contributed by atoms with Gasteiger partial charge < -0.3 is 15.4 Å². The van der Waals surface area contributed by atoms with E-state index in [9.17, 15) is 4.79 Å². The minimum Gasteiger partial charge on any atom is -0.381 e. The number of halogens is 1. The molecule has 4 nitrogen and oxygen atoms in total. The molecule has 2 unspecified atom stereocenters. The molecule has 2 atom stereocenters. The van der Waals surface area contributed by atoms with E-state index in [0.29, 0.717) is 24.9 Å². The molecule has 5 heteroatoms. The Morgan fingerprint density at radius 2 is 2.25 bits per heavy atom. The van der Waals surface area contributed by atoms with E-state index in [1.54, 1.807) is 0 Å². The number of ether oxygens (including phenoxy) is 1. The smallest absolute Gasteiger partial charge is 0.223 e. The van der Waals surface area contributed by atoms with Gasteiger partial charge in [0.25, 0.3) is 0 Å². The third kappa shape index (κ3) is 3.09. The van der Waals surface area contributed by atoms with Crippen LogP contribution in [0.3, 0.4) is 0 Å². The average Bonchev–Trinajstić information content (AvgIpc) is 2.86. The van der Waals surface area contributed by atoms with Gasteiger partial charge in [-0.15, -0.1) is 12.4 Å². The number of carbonyl (C=O) groups is 1.